The van der Waals surface area contributed by atoms with Crippen molar-refractivity contribution in [2.45, 2.75) is 26.8 Å². The van der Waals surface area contributed by atoms with Crippen molar-refractivity contribution in [3.8, 4) is 0 Å². The van der Waals surface area contributed by atoms with Crippen LogP contribution in [0.5, 0.6) is 0 Å². The third-order valence-electron chi connectivity index (χ3n) is 1.83. The Morgan fingerprint density at radius 3 is 2.77 bits per heavy atom. The highest BCUT2D eigenvalue weighted by Gasteiger charge is 2.23. The lowest BCUT2D eigenvalue weighted by Crippen LogP contribution is -2.44. The molecule has 0 aromatic rings. The predicted molar refractivity (Wildman–Crippen MR) is 56.7 cm³/mol. The molecule has 76 valence electrons. The molecule has 1 fully saturated rings. The van der Waals surface area contributed by atoms with Gasteiger partial charge in [-0.15, -0.1) is 11.8 Å². The average molecular weight is 202 g/mol. The summed E-state index contributed by atoms with van der Waals surface area (Å²) in [5, 5.41) is 6.09. The van der Waals surface area contributed by atoms with Gasteiger partial charge < -0.3 is 5.32 Å². The molecule has 1 rings (SSSR count). The van der Waals surface area contributed by atoms with Crippen molar-refractivity contribution in [3.63, 3.8) is 0 Å². The van der Waals surface area contributed by atoms with Gasteiger partial charge in [-0.05, 0) is 5.41 Å². The SMILES string of the molecule is CC(C)(C)CNC(=O)C1CSCN1. The van der Waals surface area contributed by atoms with Gasteiger partial charge in [0.2, 0.25) is 5.91 Å². The Labute approximate surface area is 84.0 Å². The average Bonchev–Trinajstić information content (AvgIpc) is 2.50. The van der Waals surface area contributed by atoms with E-state index < -0.39 is 0 Å². The molecule has 1 saturated heterocycles. The number of nitrogens with one attached hydrogen (secondary N) is 2. The second-order valence-corrected chi connectivity index (χ2v) is 5.58. The Morgan fingerprint density at radius 1 is 1.62 bits per heavy atom. The van der Waals surface area contributed by atoms with E-state index in [1.165, 1.54) is 0 Å². The first-order chi connectivity index (χ1) is 5.99. The highest BCUT2D eigenvalue weighted by molar-refractivity contribution is 7.99. The minimum atomic E-state index is 0.0207. The van der Waals surface area contributed by atoms with Crippen LogP contribution >= 0.6 is 11.8 Å². The van der Waals surface area contributed by atoms with E-state index >= 15 is 0 Å². The predicted octanol–water partition coefficient (Wildman–Crippen LogP) is 0.811. The number of amides is 1. The largest absolute Gasteiger partial charge is 0.354 e. The van der Waals surface area contributed by atoms with Crippen molar-refractivity contribution in [3.05, 3.63) is 0 Å². The van der Waals surface area contributed by atoms with Gasteiger partial charge in [-0.2, -0.15) is 0 Å². The summed E-state index contributed by atoms with van der Waals surface area (Å²) in [6, 6.07) is 0.0207. The van der Waals surface area contributed by atoms with E-state index in [4.69, 9.17) is 0 Å². The van der Waals surface area contributed by atoms with Crippen LogP contribution in [0.25, 0.3) is 0 Å². The van der Waals surface area contributed by atoms with Crippen molar-refractivity contribution >= 4 is 17.7 Å². The van der Waals surface area contributed by atoms with Gasteiger partial charge in [0, 0.05) is 18.2 Å². The Balaban J connectivity index is 2.25. The summed E-state index contributed by atoms with van der Waals surface area (Å²) >= 11 is 1.77. The molecule has 2 N–H and O–H groups in total. The first kappa shape index (κ1) is 10.9. The van der Waals surface area contributed by atoms with Crippen LogP contribution in [0.1, 0.15) is 20.8 Å². The van der Waals surface area contributed by atoms with Gasteiger partial charge in [0.1, 0.15) is 0 Å². The lowest BCUT2D eigenvalue weighted by molar-refractivity contribution is -0.122. The second-order valence-electron chi connectivity index (χ2n) is 4.55. The van der Waals surface area contributed by atoms with Crippen LogP contribution in [0.3, 0.4) is 0 Å². The zero-order valence-electron chi connectivity index (χ0n) is 8.52. The Hall–Kier alpha value is -0.220. The zero-order chi connectivity index (χ0) is 9.90. The van der Waals surface area contributed by atoms with E-state index in [9.17, 15) is 4.79 Å². The first-order valence-electron chi connectivity index (χ1n) is 4.58. The van der Waals surface area contributed by atoms with Crippen molar-refractivity contribution in [1.29, 1.82) is 0 Å². The highest BCUT2D eigenvalue weighted by Crippen LogP contribution is 2.12. The topological polar surface area (TPSA) is 41.1 Å². The molecule has 0 bridgehead atoms. The van der Waals surface area contributed by atoms with Crippen LogP contribution in [0, 0.1) is 5.41 Å². The van der Waals surface area contributed by atoms with Crippen LogP contribution in [0.15, 0.2) is 0 Å². The van der Waals surface area contributed by atoms with E-state index in [0.29, 0.717) is 0 Å². The second kappa shape index (κ2) is 4.33. The van der Waals surface area contributed by atoms with Crippen molar-refractivity contribution in [1.82, 2.24) is 10.6 Å². The molecule has 1 aliphatic rings. The smallest absolute Gasteiger partial charge is 0.238 e. The summed E-state index contributed by atoms with van der Waals surface area (Å²) < 4.78 is 0. The van der Waals surface area contributed by atoms with Gasteiger partial charge >= 0.3 is 0 Å². The van der Waals surface area contributed by atoms with E-state index in [1.54, 1.807) is 11.8 Å². The maximum atomic E-state index is 11.5. The fourth-order valence-corrected chi connectivity index (χ4v) is 1.98. The Kier molecular flexibility index (Phi) is 3.62. The quantitative estimate of drug-likeness (QED) is 0.696. The van der Waals surface area contributed by atoms with E-state index in [1.807, 2.05) is 0 Å². The van der Waals surface area contributed by atoms with Gasteiger partial charge in [0.25, 0.3) is 0 Å². The van der Waals surface area contributed by atoms with Gasteiger partial charge in [0.05, 0.1) is 6.04 Å². The highest BCUT2D eigenvalue weighted by atomic mass is 32.2. The molecule has 0 aromatic carbocycles. The Bertz CT molecular complexity index is 183. The van der Waals surface area contributed by atoms with Crippen LogP contribution in [-0.2, 0) is 4.79 Å². The summed E-state index contributed by atoms with van der Waals surface area (Å²) in [5.41, 5.74) is 0.168. The monoisotopic (exact) mass is 202 g/mol. The zero-order valence-corrected chi connectivity index (χ0v) is 9.33. The molecule has 1 aliphatic heterocycles. The number of thioether (sulfide) groups is 1. The Morgan fingerprint density at radius 2 is 2.31 bits per heavy atom. The summed E-state index contributed by atoms with van der Waals surface area (Å²) in [5.74, 6) is 1.93. The van der Waals surface area contributed by atoms with Crippen LogP contribution in [0.2, 0.25) is 0 Å². The normalized spacial score (nSPS) is 23.2. The van der Waals surface area contributed by atoms with Gasteiger partial charge in [-0.3, -0.25) is 10.1 Å². The maximum absolute atomic E-state index is 11.5. The minimum absolute atomic E-state index is 0.0207. The number of hydrogen-bond donors (Lipinski definition) is 2. The number of hydrogen-bond acceptors (Lipinski definition) is 3. The van der Waals surface area contributed by atoms with Crippen LogP contribution < -0.4 is 10.6 Å². The molecular formula is C9H18N2OS. The van der Waals surface area contributed by atoms with E-state index in [-0.39, 0.29) is 17.4 Å². The molecule has 0 aromatic heterocycles. The molecule has 0 saturated carbocycles. The number of carbonyl (C=O) groups excluding carboxylic acids is 1. The van der Waals surface area contributed by atoms with Crippen molar-refractivity contribution in [2.24, 2.45) is 5.41 Å². The minimum Gasteiger partial charge on any atom is -0.354 e. The molecule has 13 heavy (non-hydrogen) atoms. The summed E-state index contributed by atoms with van der Waals surface area (Å²) in [6.45, 7) is 7.09. The van der Waals surface area contributed by atoms with Gasteiger partial charge in [-0.25, -0.2) is 0 Å². The molecule has 0 radical (unpaired) electrons. The first-order valence-corrected chi connectivity index (χ1v) is 5.73. The molecule has 1 unspecified atom stereocenters. The van der Waals surface area contributed by atoms with Crippen LogP contribution in [0.4, 0.5) is 0 Å². The van der Waals surface area contributed by atoms with E-state index in [0.717, 1.165) is 18.2 Å². The molecule has 1 atom stereocenters. The molecule has 0 spiro atoms. The third-order valence-corrected chi connectivity index (χ3v) is 2.77. The fraction of sp³-hybridized carbons (Fsp3) is 0.889. The molecule has 1 heterocycles. The van der Waals surface area contributed by atoms with Crippen LogP contribution in [-0.4, -0.2) is 30.1 Å². The summed E-state index contributed by atoms with van der Waals surface area (Å²) in [7, 11) is 0. The molecule has 4 heteroatoms. The summed E-state index contributed by atoms with van der Waals surface area (Å²) in [6.07, 6.45) is 0. The number of rotatable bonds is 2. The molecule has 0 aliphatic carbocycles. The van der Waals surface area contributed by atoms with Crippen molar-refractivity contribution < 1.29 is 4.79 Å². The van der Waals surface area contributed by atoms with Crippen molar-refractivity contribution in [2.75, 3.05) is 18.2 Å². The lowest BCUT2D eigenvalue weighted by atomic mass is 9.97. The molecular weight excluding hydrogens is 184 g/mol. The molecule has 1 amide bonds. The molecule has 3 nitrogen and oxygen atoms in total. The summed E-state index contributed by atoms with van der Waals surface area (Å²) in [4.78, 5) is 11.5. The fourth-order valence-electron chi connectivity index (χ4n) is 1.04. The van der Waals surface area contributed by atoms with Gasteiger partial charge in [0.15, 0.2) is 0 Å². The third kappa shape index (κ3) is 4.00. The van der Waals surface area contributed by atoms with E-state index in [2.05, 4.69) is 31.4 Å². The van der Waals surface area contributed by atoms with Gasteiger partial charge in [-0.1, -0.05) is 20.8 Å². The standard InChI is InChI=1S/C9H18N2OS/c1-9(2,3)5-10-8(12)7-4-13-6-11-7/h7,11H,4-6H2,1-3H3,(H,10,12). The number of carbonyl (C=O) groups is 1. The lowest BCUT2D eigenvalue weighted by Gasteiger charge is -2.20. The maximum Gasteiger partial charge on any atom is 0.238 e.